The van der Waals surface area contributed by atoms with Gasteiger partial charge >= 0.3 is 0 Å². The number of rotatable bonds is 3. The summed E-state index contributed by atoms with van der Waals surface area (Å²) in [6.45, 7) is 2.42. The van der Waals surface area contributed by atoms with E-state index in [0.717, 1.165) is 19.3 Å². The van der Waals surface area contributed by atoms with Crippen molar-refractivity contribution in [1.29, 1.82) is 0 Å². The second-order valence-electron chi connectivity index (χ2n) is 3.41. The Kier molecular flexibility index (Phi) is 3.70. The Bertz CT molecular complexity index is 248. The van der Waals surface area contributed by atoms with Crippen LogP contribution in [0.4, 0.5) is 0 Å². The zero-order chi connectivity index (χ0) is 9.90. The molecule has 5 heteroatoms. The molecule has 2 atom stereocenters. The first-order valence-electron chi connectivity index (χ1n) is 4.69. The van der Waals surface area contributed by atoms with Crippen LogP contribution in [0.3, 0.4) is 0 Å². The molecule has 0 spiro atoms. The molecule has 1 fully saturated rings. The topological polar surface area (TPSA) is 69.4 Å². The van der Waals surface area contributed by atoms with Crippen LogP contribution in [0.1, 0.15) is 32.6 Å². The molecule has 13 heavy (non-hydrogen) atoms. The molecular formula is C8H17NO3S. The minimum Gasteiger partial charge on any atom is -0.377 e. The molecule has 1 aliphatic carbocycles. The van der Waals surface area contributed by atoms with Crippen LogP contribution < -0.4 is 5.14 Å². The fourth-order valence-electron chi connectivity index (χ4n) is 1.84. The minimum atomic E-state index is -3.42. The SMILES string of the molecule is CCO[C@@H]1CCCC[C@@H]1S(N)(=O)=O. The quantitative estimate of drug-likeness (QED) is 0.737. The van der Waals surface area contributed by atoms with Crippen molar-refractivity contribution in [3.05, 3.63) is 0 Å². The zero-order valence-electron chi connectivity index (χ0n) is 7.90. The Labute approximate surface area is 79.5 Å². The Balaban J connectivity index is 2.67. The van der Waals surface area contributed by atoms with Gasteiger partial charge in [0.05, 0.1) is 6.10 Å². The largest absolute Gasteiger partial charge is 0.377 e. The van der Waals surface area contributed by atoms with Crippen LogP contribution in [0.25, 0.3) is 0 Å². The molecular weight excluding hydrogens is 190 g/mol. The molecule has 1 rings (SSSR count). The second-order valence-corrected chi connectivity index (χ2v) is 5.19. The number of hydrogen-bond donors (Lipinski definition) is 1. The molecule has 0 aliphatic heterocycles. The van der Waals surface area contributed by atoms with Crippen LogP contribution >= 0.6 is 0 Å². The van der Waals surface area contributed by atoms with Crippen LogP contribution in [0, 0.1) is 0 Å². The second kappa shape index (κ2) is 4.39. The van der Waals surface area contributed by atoms with Crippen LogP contribution in [-0.2, 0) is 14.8 Å². The van der Waals surface area contributed by atoms with Gasteiger partial charge in [0, 0.05) is 6.61 Å². The lowest BCUT2D eigenvalue weighted by atomic mass is 9.97. The third-order valence-corrected chi connectivity index (χ3v) is 3.83. The van der Waals surface area contributed by atoms with Gasteiger partial charge in [-0.3, -0.25) is 0 Å². The lowest BCUT2D eigenvalue weighted by Gasteiger charge is -2.29. The summed E-state index contributed by atoms with van der Waals surface area (Å²) in [5, 5.41) is 4.64. The lowest BCUT2D eigenvalue weighted by Crippen LogP contribution is -2.42. The molecule has 2 N–H and O–H groups in total. The van der Waals surface area contributed by atoms with Crippen LogP contribution in [0.5, 0.6) is 0 Å². The van der Waals surface area contributed by atoms with Crippen molar-refractivity contribution in [3.63, 3.8) is 0 Å². The normalized spacial score (nSPS) is 30.3. The molecule has 4 nitrogen and oxygen atoms in total. The standard InChI is InChI=1S/C8H17NO3S/c1-2-12-7-5-3-4-6-8(7)13(9,10)11/h7-8H,2-6H2,1H3,(H2,9,10,11)/t7-,8+/m1/s1. The third kappa shape index (κ3) is 2.93. The average Bonchev–Trinajstić information content (AvgIpc) is 2.04. The molecule has 0 heterocycles. The number of primary sulfonamides is 1. The summed E-state index contributed by atoms with van der Waals surface area (Å²) >= 11 is 0. The van der Waals surface area contributed by atoms with Gasteiger partial charge in [-0.15, -0.1) is 0 Å². The summed E-state index contributed by atoms with van der Waals surface area (Å²) in [5.74, 6) is 0. The van der Waals surface area contributed by atoms with Gasteiger partial charge < -0.3 is 4.74 Å². The van der Waals surface area contributed by atoms with E-state index in [1.54, 1.807) is 0 Å². The smallest absolute Gasteiger partial charge is 0.214 e. The monoisotopic (exact) mass is 207 g/mol. The zero-order valence-corrected chi connectivity index (χ0v) is 8.72. The van der Waals surface area contributed by atoms with Gasteiger partial charge in [0.15, 0.2) is 0 Å². The van der Waals surface area contributed by atoms with Gasteiger partial charge in [-0.1, -0.05) is 12.8 Å². The maximum Gasteiger partial charge on any atom is 0.214 e. The van der Waals surface area contributed by atoms with Gasteiger partial charge in [-0.2, -0.15) is 0 Å². The van der Waals surface area contributed by atoms with E-state index < -0.39 is 15.3 Å². The van der Waals surface area contributed by atoms with E-state index in [1.165, 1.54) is 0 Å². The highest BCUT2D eigenvalue weighted by molar-refractivity contribution is 7.89. The van der Waals surface area contributed by atoms with E-state index in [2.05, 4.69) is 0 Å². The molecule has 0 bridgehead atoms. The summed E-state index contributed by atoms with van der Waals surface area (Å²) in [4.78, 5) is 0. The van der Waals surface area contributed by atoms with Crippen molar-refractivity contribution in [1.82, 2.24) is 0 Å². The van der Waals surface area contributed by atoms with Crippen LogP contribution in [0.2, 0.25) is 0 Å². The van der Waals surface area contributed by atoms with Gasteiger partial charge in [0.2, 0.25) is 10.0 Å². The maximum atomic E-state index is 11.2. The Hall–Kier alpha value is -0.130. The summed E-state index contributed by atoms with van der Waals surface area (Å²) in [6.07, 6.45) is 3.24. The summed E-state index contributed by atoms with van der Waals surface area (Å²) in [5.41, 5.74) is 0. The number of sulfonamides is 1. The lowest BCUT2D eigenvalue weighted by molar-refractivity contribution is 0.0395. The highest BCUT2D eigenvalue weighted by atomic mass is 32.2. The highest BCUT2D eigenvalue weighted by Crippen LogP contribution is 2.25. The van der Waals surface area contributed by atoms with E-state index in [4.69, 9.17) is 9.88 Å². The summed E-state index contributed by atoms with van der Waals surface area (Å²) in [6, 6.07) is 0. The molecule has 1 aliphatic rings. The molecule has 0 aromatic rings. The first-order valence-corrected chi connectivity index (χ1v) is 6.30. The third-order valence-electron chi connectivity index (χ3n) is 2.44. The van der Waals surface area contributed by atoms with Crippen molar-refractivity contribution >= 4 is 10.0 Å². The molecule has 0 radical (unpaired) electrons. The molecule has 1 saturated carbocycles. The van der Waals surface area contributed by atoms with Crippen molar-refractivity contribution in [2.75, 3.05) is 6.61 Å². The molecule has 0 amide bonds. The summed E-state index contributed by atoms with van der Waals surface area (Å²) < 4.78 is 27.7. The first kappa shape index (κ1) is 10.9. The fourth-order valence-corrected chi connectivity index (χ4v) is 2.98. The molecule has 78 valence electrons. The van der Waals surface area contributed by atoms with E-state index in [9.17, 15) is 8.42 Å². The van der Waals surface area contributed by atoms with E-state index in [-0.39, 0.29) is 6.10 Å². The van der Waals surface area contributed by atoms with Crippen molar-refractivity contribution in [2.45, 2.75) is 44.0 Å². The highest BCUT2D eigenvalue weighted by Gasteiger charge is 2.33. The Morgan fingerprint density at radius 1 is 1.38 bits per heavy atom. The summed E-state index contributed by atoms with van der Waals surface area (Å²) in [7, 11) is -3.42. The minimum absolute atomic E-state index is 0.186. The van der Waals surface area contributed by atoms with Gasteiger partial charge in [-0.25, -0.2) is 13.6 Å². The average molecular weight is 207 g/mol. The predicted molar refractivity (Wildman–Crippen MR) is 50.8 cm³/mol. The van der Waals surface area contributed by atoms with Gasteiger partial charge in [-0.05, 0) is 19.8 Å². The van der Waals surface area contributed by atoms with Gasteiger partial charge in [0.25, 0.3) is 0 Å². The van der Waals surface area contributed by atoms with Crippen molar-refractivity contribution < 1.29 is 13.2 Å². The van der Waals surface area contributed by atoms with Crippen molar-refractivity contribution in [2.24, 2.45) is 5.14 Å². The number of hydrogen-bond acceptors (Lipinski definition) is 3. The number of ether oxygens (including phenoxy) is 1. The predicted octanol–water partition coefficient (Wildman–Crippen LogP) is 0.623. The Morgan fingerprint density at radius 2 is 2.00 bits per heavy atom. The van der Waals surface area contributed by atoms with E-state index >= 15 is 0 Å². The molecule has 0 aromatic carbocycles. The fraction of sp³-hybridized carbons (Fsp3) is 1.00. The molecule has 0 unspecified atom stereocenters. The van der Waals surface area contributed by atoms with E-state index in [1.807, 2.05) is 6.92 Å². The molecule has 0 aromatic heterocycles. The Morgan fingerprint density at radius 3 is 2.54 bits per heavy atom. The molecule has 0 saturated heterocycles. The van der Waals surface area contributed by atoms with Gasteiger partial charge in [0.1, 0.15) is 5.25 Å². The number of nitrogens with two attached hydrogens (primary N) is 1. The van der Waals surface area contributed by atoms with E-state index in [0.29, 0.717) is 13.0 Å². The van der Waals surface area contributed by atoms with Crippen LogP contribution in [0.15, 0.2) is 0 Å². The van der Waals surface area contributed by atoms with Crippen molar-refractivity contribution in [3.8, 4) is 0 Å². The van der Waals surface area contributed by atoms with Crippen LogP contribution in [-0.4, -0.2) is 26.4 Å². The first-order chi connectivity index (χ1) is 6.05. The maximum absolute atomic E-state index is 11.2.